The average molecular weight is 296 g/mol. The van der Waals surface area contributed by atoms with Crippen LogP contribution in [0.25, 0.3) is 0 Å². The largest absolute Gasteiger partial charge is 0.379 e. The number of aryl methyl sites for hydroxylation is 1. The Morgan fingerprint density at radius 2 is 1.95 bits per heavy atom. The minimum Gasteiger partial charge on any atom is -0.379 e. The highest BCUT2D eigenvalue weighted by molar-refractivity contribution is 7.87. The molecule has 0 unspecified atom stereocenters. The van der Waals surface area contributed by atoms with Gasteiger partial charge in [-0.05, 0) is 30.4 Å². The first kappa shape index (κ1) is 14.0. The van der Waals surface area contributed by atoms with Crippen LogP contribution in [0.15, 0.2) is 24.3 Å². The van der Waals surface area contributed by atoms with Crippen molar-refractivity contribution < 1.29 is 13.2 Å². The van der Waals surface area contributed by atoms with Crippen molar-refractivity contribution in [3.8, 4) is 0 Å². The van der Waals surface area contributed by atoms with Crippen molar-refractivity contribution in [2.24, 2.45) is 0 Å². The summed E-state index contributed by atoms with van der Waals surface area (Å²) in [6.07, 6.45) is 2.92. The minimum atomic E-state index is -3.42. The standard InChI is InChI=1S/C14H20N2O3S/c17-20(18,16-8-10-19-11-9-16)15-14-7-3-5-12-4-1-2-6-13(12)14/h1-2,4,6,14-15H,3,5,7-11H2/t14-/m0/s1. The number of hydrogen-bond donors (Lipinski definition) is 1. The van der Waals surface area contributed by atoms with Gasteiger partial charge in [-0.25, -0.2) is 0 Å². The number of rotatable bonds is 3. The number of morpholine rings is 1. The molecule has 0 amide bonds. The summed E-state index contributed by atoms with van der Waals surface area (Å²) in [7, 11) is -3.42. The van der Waals surface area contributed by atoms with E-state index in [2.05, 4.69) is 10.8 Å². The number of nitrogens with one attached hydrogen (secondary N) is 1. The smallest absolute Gasteiger partial charge is 0.280 e. The zero-order valence-corrected chi connectivity index (χ0v) is 12.2. The van der Waals surface area contributed by atoms with E-state index in [0.717, 1.165) is 24.8 Å². The third-order valence-electron chi connectivity index (χ3n) is 3.97. The quantitative estimate of drug-likeness (QED) is 0.912. The van der Waals surface area contributed by atoms with Crippen LogP contribution in [-0.2, 0) is 21.4 Å². The predicted molar refractivity (Wildman–Crippen MR) is 76.6 cm³/mol. The Morgan fingerprint density at radius 1 is 1.20 bits per heavy atom. The molecule has 1 N–H and O–H groups in total. The fraction of sp³-hybridized carbons (Fsp3) is 0.571. The highest BCUT2D eigenvalue weighted by Gasteiger charge is 2.29. The highest BCUT2D eigenvalue weighted by atomic mass is 32.2. The van der Waals surface area contributed by atoms with E-state index in [1.165, 1.54) is 9.87 Å². The predicted octanol–water partition coefficient (Wildman–Crippen LogP) is 1.23. The molecule has 0 saturated carbocycles. The van der Waals surface area contributed by atoms with Crippen LogP contribution in [0.1, 0.15) is 30.0 Å². The van der Waals surface area contributed by atoms with Gasteiger partial charge in [-0.2, -0.15) is 17.4 Å². The van der Waals surface area contributed by atoms with Gasteiger partial charge in [-0.1, -0.05) is 24.3 Å². The molecule has 1 fully saturated rings. The molecule has 1 aliphatic carbocycles. The Hall–Kier alpha value is -0.950. The van der Waals surface area contributed by atoms with Gasteiger partial charge < -0.3 is 4.74 Å². The maximum Gasteiger partial charge on any atom is 0.280 e. The Bertz CT molecular complexity index is 568. The molecule has 1 heterocycles. The van der Waals surface area contributed by atoms with Crippen molar-refractivity contribution in [1.29, 1.82) is 0 Å². The molecule has 3 rings (SSSR count). The number of ether oxygens (including phenoxy) is 1. The summed E-state index contributed by atoms with van der Waals surface area (Å²) in [5, 5.41) is 0. The van der Waals surface area contributed by atoms with E-state index in [-0.39, 0.29) is 6.04 Å². The first-order valence-corrected chi connectivity index (χ1v) is 8.54. The van der Waals surface area contributed by atoms with Crippen molar-refractivity contribution in [3.63, 3.8) is 0 Å². The van der Waals surface area contributed by atoms with E-state index in [0.29, 0.717) is 26.3 Å². The van der Waals surface area contributed by atoms with Crippen molar-refractivity contribution in [2.45, 2.75) is 25.3 Å². The van der Waals surface area contributed by atoms with Gasteiger partial charge in [-0.15, -0.1) is 0 Å². The third-order valence-corrected chi connectivity index (χ3v) is 5.60. The van der Waals surface area contributed by atoms with Crippen LogP contribution in [0.3, 0.4) is 0 Å². The lowest BCUT2D eigenvalue weighted by Crippen LogP contribution is -2.47. The lowest BCUT2D eigenvalue weighted by atomic mass is 9.88. The molecule has 5 nitrogen and oxygen atoms in total. The number of hydrogen-bond acceptors (Lipinski definition) is 3. The van der Waals surface area contributed by atoms with Crippen molar-refractivity contribution >= 4 is 10.2 Å². The van der Waals surface area contributed by atoms with Crippen molar-refractivity contribution in [1.82, 2.24) is 9.03 Å². The maximum atomic E-state index is 12.4. The fourth-order valence-electron chi connectivity index (χ4n) is 2.92. The molecule has 0 spiro atoms. The summed E-state index contributed by atoms with van der Waals surface area (Å²) in [4.78, 5) is 0. The molecule has 0 aromatic heterocycles. The summed E-state index contributed by atoms with van der Waals surface area (Å²) < 4.78 is 34.4. The average Bonchev–Trinajstić information content (AvgIpc) is 2.48. The van der Waals surface area contributed by atoms with E-state index >= 15 is 0 Å². The van der Waals surface area contributed by atoms with Crippen LogP contribution < -0.4 is 4.72 Å². The Morgan fingerprint density at radius 3 is 2.75 bits per heavy atom. The van der Waals surface area contributed by atoms with Crippen LogP contribution >= 0.6 is 0 Å². The first-order chi connectivity index (χ1) is 9.67. The van der Waals surface area contributed by atoms with Gasteiger partial charge in [0.1, 0.15) is 0 Å². The number of benzene rings is 1. The van der Waals surface area contributed by atoms with E-state index < -0.39 is 10.2 Å². The molecule has 1 aromatic rings. The van der Waals surface area contributed by atoms with Gasteiger partial charge >= 0.3 is 0 Å². The topological polar surface area (TPSA) is 58.6 Å². The molecule has 0 radical (unpaired) electrons. The van der Waals surface area contributed by atoms with E-state index in [4.69, 9.17) is 4.74 Å². The summed E-state index contributed by atoms with van der Waals surface area (Å²) in [6, 6.07) is 8.00. The van der Waals surface area contributed by atoms with E-state index in [9.17, 15) is 8.42 Å². The van der Waals surface area contributed by atoms with E-state index in [1.807, 2.05) is 18.2 Å². The molecule has 1 aromatic carbocycles. The second-order valence-electron chi connectivity index (χ2n) is 5.28. The molecule has 6 heteroatoms. The second-order valence-corrected chi connectivity index (χ2v) is 6.98. The SMILES string of the molecule is O=S(=O)(N[C@H]1CCCc2ccccc21)N1CCOCC1. The second kappa shape index (κ2) is 5.81. The molecular weight excluding hydrogens is 276 g/mol. The molecule has 20 heavy (non-hydrogen) atoms. The zero-order valence-electron chi connectivity index (χ0n) is 11.4. The highest BCUT2D eigenvalue weighted by Crippen LogP contribution is 2.30. The van der Waals surface area contributed by atoms with E-state index in [1.54, 1.807) is 0 Å². The van der Waals surface area contributed by atoms with Gasteiger partial charge in [0, 0.05) is 19.1 Å². The van der Waals surface area contributed by atoms with Crippen LogP contribution in [-0.4, -0.2) is 39.0 Å². The zero-order chi connectivity index (χ0) is 14.0. The van der Waals surface area contributed by atoms with Gasteiger partial charge in [0.05, 0.1) is 13.2 Å². The lowest BCUT2D eigenvalue weighted by Gasteiger charge is -2.31. The molecule has 2 aliphatic rings. The van der Waals surface area contributed by atoms with Crippen LogP contribution in [0.4, 0.5) is 0 Å². The van der Waals surface area contributed by atoms with Crippen LogP contribution in [0.2, 0.25) is 0 Å². The van der Waals surface area contributed by atoms with Crippen LogP contribution in [0, 0.1) is 0 Å². The maximum absolute atomic E-state index is 12.4. The number of nitrogens with zero attached hydrogens (tertiary/aromatic N) is 1. The molecule has 1 aliphatic heterocycles. The summed E-state index contributed by atoms with van der Waals surface area (Å²) in [5.74, 6) is 0. The van der Waals surface area contributed by atoms with Crippen molar-refractivity contribution in [2.75, 3.05) is 26.3 Å². The normalized spacial score (nSPS) is 24.3. The summed E-state index contributed by atoms with van der Waals surface area (Å²) in [6.45, 7) is 1.82. The fourth-order valence-corrected chi connectivity index (χ4v) is 4.30. The summed E-state index contributed by atoms with van der Waals surface area (Å²) >= 11 is 0. The van der Waals surface area contributed by atoms with Gasteiger partial charge in [0.2, 0.25) is 0 Å². The molecule has 1 saturated heterocycles. The molecule has 110 valence electrons. The van der Waals surface area contributed by atoms with Crippen LogP contribution in [0.5, 0.6) is 0 Å². The van der Waals surface area contributed by atoms with Gasteiger partial charge in [-0.3, -0.25) is 0 Å². The van der Waals surface area contributed by atoms with Gasteiger partial charge in [0.15, 0.2) is 0 Å². The molecular formula is C14H20N2O3S. The Labute approximate surface area is 120 Å². The lowest BCUT2D eigenvalue weighted by molar-refractivity contribution is 0.0722. The Balaban J connectivity index is 1.78. The first-order valence-electron chi connectivity index (χ1n) is 7.10. The molecule has 1 atom stereocenters. The molecule has 0 bridgehead atoms. The Kier molecular flexibility index (Phi) is 4.07. The van der Waals surface area contributed by atoms with Gasteiger partial charge in [0.25, 0.3) is 10.2 Å². The summed E-state index contributed by atoms with van der Waals surface area (Å²) in [5.41, 5.74) is 2.38. The number of fused-ring (bicyclic) bond motifs is 1. The van der Waals surface area contributed by atoms with Crippen molar-refractivity contribution in [3.05, 3.63) is 35.4 Å². The third kappa shape index (κ3) is 2.88. The minimum absolute atomic E-state index is 0.104. The monoisotopic (exact) mass is 296 g/mol.